The summed E-state index contributed by atoms with van der Waals surface area (Å²) in [5.74, 6) is -0.328. The number of nitrogens with one attached hydrogen (secondary N) is 2. The van der Waals surface area contributed by atoms with Crippen LogP contribution in [-0.2, 0) is 0 Å². The molecule has 0 spiro atoms. The summed E-state index contributed by atoms with van der Waals surface area (Å²) in [6.07, 6.45) is 5.60. The Bertz CT molecular complexity index is 1310. The molecule has 0 unspecified atom stereocenters. The number of benzene rings is 2. The van der Waals surface area contributed by atoms with Crippen LogP contribution in [0.1, 0.15) is 52.0 Å². The Morgan fingerprint density at radius 3 is 2.36 bits per heavy atom. The second-order valence-electron chi connectivity index (χ2n) is 9.31. The van der Waals surface area contributed by atoms with Crippen LogP contribution in [0.25, 0.3) is 0 Å². The SMILES string of the molecule is CSc1cccc(Oc2ncc(F)cc2C(=O)NC2CCC(NC(=O)c3cccc(C)c3OCCO)CC2)c1. The van der Waals surface area contributed by atoms with Crippen molar-refractivity contribution in [2.45, 2.75) is 49.6 Å². The minimum absolute atomic E-state index is 0.0230. The fourth-order valence-corrected chi connectivity index (χ4v) is 4.97. The van der Waals surface area contributed by atoms with E-state index in [9.17, 15) is 14.0 Å². The van der Waals surface area contributed by atoms with Crippen LogP contribution in [0.5, 0.6) is 17.4 Å². The molecule has 1 fully saturated rings. The maximum Gasteiger partial charge on any atom is 0.257 e. The molecule has 0 bridgehead atoms. The molecule has 1 aliphatic carbocycles. The molecule has 1 saturated carbocycles. The molecule has 2 amide bonds. The first-order chi connectivity index (χ1) is 18.9. The number of amides is 2. The van der Waals surface area contributed by atoms with Gasteiger partial charge in [-0.25, -0.2) is 9.37 Å². The first kappa shape index (κ1) is 28.4. The summed E-state index contributed by atoms with van der Waals surface area (Å²) in [6.45, 7) is 1.81. The smallest absolute Gasteiger partial charge is 0.257 e. The van der Waals surface area contributed by atoms with Crippen LogP contribution in [0.2, 0.25) is 0 Å². The molecule has 3 N–H and O–H groups in total. The molecule has 8 nitrogen and oxygen atoms in total. The summed E-state index contributed by atoms with van der Waals surface area (Å²) in [7, 11) is 0. The van der Waals surface area contributed by atoms with Gasteiger partial charge in [-0.2, -0.15) is 0 Å². The maximum atomic E-state index is 14.0. The first-order valence-corrected chi connectivity index (χ1v) is 14.0. The van der Waals surface area contributed by atoms with E-state index in [0.717, 1.165) is 22.7 Å². The van der Waals surface area contributed by atoms with Gasteiger partial charge < -0.3 is 25.2 Å². The number of aliphatic hydroxyl groups is 1. The van der Waals surface area contributed by atoms with Crippen molar-refractivity contribution in [2.24, 2.45) is 0 Å². The van der Waals surface area contributed by atoms with Crippen LogP contribution in [0.4, 0.5) is 4.39 Å². The summed E-state index contributed by atoms with van der Waals surface area (Å²) in [6, 6.07) is 13.6. The van der Waals surface area contributed by atoms with Gasteiger partial charge in [0.05, 0.1) is 18.4 Å². The minimum atomic E-state index is -0.629. The number of thioether (sulfide) groups is 1. The van der Waals surface area contributed by atoms with Crippen molar-refractivity contribution in [3.63, 3.8) is 0 Å². The van der Waals surface area contributed by atoms with Gasteiger partial charge in [-0.3, -0.25) is 9.59 Å². The van der Waals surface area contributed by atoms with E-state index in [1.54, 1.807) is 30.0 Å². The third-order valence-corrected chi connectivity index (χ3v) is 7.24. The number of aliphatic hydroxyl groups excluding tert-OH is 1. The van der Waals surface area contributed by atoms with Gasteiger partial charge in [0.25, 0.3) is 11.8 Å². The van der Waals surface area contributed by atoms with Gasteiger partial charge in [0.2, 0.25) is 5.88 Å². The van der Waals surface area contributed by atoms with Crippen LogP contribution in [0, 0.1) is 12.7 Å². The van der Waals surface area contributed by atoms with Crippen molar-refractivity contribution in [3.8, 4) is 17.4 Å². The van der Waals surface area contributed by atoms with E-state index in [2.05, 4.69) is 15.6 Å². The van der Waals surface area contributed by atoms with E-state index in [0.29, 0.717) is 42.7 Å². The quantitative estimate of drug-likeness (QED) is 0.307. The predicted octanol–water partition coefficient (Wildman–Crippen LogP) is 4.89. The average molecular weight is 554 g/mol. The highest BCUT2D eigenvalue weighted by Crippen LogP contribution is 2.28. The highest BCUT2D eigenvalue weighted by Gasteiger charge is 2.27. The minimum Gasteiger partial charge on any atom is -0.490 e. The highest BCUT2D eigenvalue weighted by atomic mass is 32.2. The number of aromatic nitrogens is 1. The third-order valence-electron chi connectivity index (χ3n) is 6.51. The Hall–Kier alpha value is -3.63. The Morgan fingerprint density at radius 2 is 1.69 bits per heavy atom. The fraction of sp³-hybridized carbons (Fsp3) is 0.345. The standard InChI is InChI=1S/C29H32FN3O5S/c1-18-5-3-8-24(26(18)37-14-13-34)27(35)32-20-9-11-21(12-10-20)33-28(36)25-15-19(30)17-31-29(25)38-22-6-4-7-23(16-22)39-2/h3-8,15-17,20-21,34H,9-14H2,1-2H3,(H,32,35)(H,33,36). The first-order valence-electron chi connectivity index (χ1n) is 12.8. The molecule has 39 heavy (non-hydrogen) atoms. The van der Waals surface area contributed by atoms with Gasteiger partial charge in [-0.1, -0.05) is 18.2 Å². The molecule has 1 aromatic heterocycles. The number of halogens is 1. The molecule has 10 heteroatoms. The average Bonchev–Trinajstić information content (AvgIpc) is 2.94. The lowest BCUT2D eigenvalue weighted by molar-refractivity contribution is 0.0887. The Labute approximate surface area is 231 Å². The van der Waals surface area contributed by atoms with Crippen molar-refractivity contribution in [2.75, 3.05) is 19.5 Å². The lowest BCUT2D eigenvalue weighted by Gasteiger charge is -2.30. The highest BCUT2D eigenvalue weighted by molar-refractivity contribution is 7.98. The number of hydrogen-bond acceptors (Lipinski definition) is 7. The second-order valence-corrected chi connectivity index (χ2v) is 10.2. The van der Waals surface area contributed by atoms with Gasteiger partial charge in [0.15, 0.2) is 0 Å². The molecule has 206 valence electrons. The van der Waals surface area contributed by atoms with Crippen LogP contribution in [0.3, 0.4) is 0 Å². The molecular weight excluding hydrogens is 521 g/mol. The summed E-state index contributed by atoms with van der Waals surface area (Å²) in [5.41, 5.74) is 1.26. The summed E-state index contributed by atoms with van der Waals surface area (Å²) in [4.78, 5) is 31.1. The zero-order valence-corrected chi connectivity index (χ0v) is 22.7. The van der Waals surface area contributed by atoms with Crippen molar-refractivity contribution in [1.82, 2.24) is 15.6 Å². The molecule has 0 aliphatic heterocycles. The Balaban J connectivity index is 1.35. The van der Waals surface area contributed by atoms with E-state index < -0.39 is 11.7 Å². The molecule has 1 aliphatic rings. The monoisotopic (exact) mass is 553 g/mol. The van der Waals surface area contributed by atoms with Gasteiger partial charge in [-0.05, 0) is 74.8 Å². The number of ether oxygens (including phenoxy) is 2. The van der Waals surface area contributed by atoms with E-state index in [-0.39, 0.29) is 42.6 Å². The van der Waals surface area contributed by atoms with E-state index in [1.165, 1.54) is 0 Å². The second kappa shape index (κ2) is 13.4. The molecular formula is C29H32FN3O5S. The molecule has 1 heterocycles. The van der Waals surface area contributed by atoms with Crippen LogP contribution >= 0.6 is 11.8 Å². The van der Waals surface area contributed by atoms with E-state index in [4.69, 9.17) is 14.6 Å². The fourth-order valence-electron chi connectivity index (χ4n) is 4.53. The van der Waals surface area contributed by atoms with Crippen LogP contribution in [-0.4, -0.2) is 53.5 Å². The Kier molecular flexibility index (Phi) is 9.78. The number of pyridine rings is 1. The molecule has 0 radical (unpaired) electrons. The molecule has 4 rings (SSSR count). The number of carbonyl (C=O) groups is 2. The summed E-state index contributed by atoms with van der Waals surface area (Å²) >= 11 is 1.56. The van der Waals surface area contributed by atoms with Gasteiger partial charge in [0.1, 0.15) is 29.5 Å². The predicted molar refractivity (Wildman–Crippen MR) is 147 cm³/mol. The van der Waals surface area contributed by atoms with Gasteiger partial charge >= 0.3 is 0 Å². The maximum absolute atomic E-state index is 14.0. The molecule has 3 aromatic rings. The number of para-hydroxylation sites is 1. The van der Waals surface area contributed by atoms with Gasteiger partial charge in [-0.15, -0.1) is 11.8 Å². The van der Waals surface area contributed by atoms with Gasteiger partial charge in [0, 0.05) is 17.0 Å². The zero-order chi connectivity index (χ0) is 27.8. The number of hydrogen-bond donors (Lipinski definition) is 3. The number of nitrogens with zero attached hydrogens (tertiary/aromatic N) is 1. The lowest BCUT2D eigenvalue weighted by Crippen LogP contribution is -2.44. The van der Waals surface area contributed by atoms with E-state index in [1.807, 2.05) is 37.4 Å². The van der Waals surface area contributed by atoms with Crippen LogP contribution in [0.15, 0.2) is 59.6 Å². The molecule has 2 aromatic carbocycles. The normalized spacial score (nSPS) is 16.8. The largest absolute Gasteiger partial charge is 0.490 e. The Morgan fingerprint density at radius 1 is 1.03 bits per heavy atom. The number of aryl methyl sites for hydroxylation is 1. The number of carbonyl (C=O) groups excluding carboxylic acids is 2. The van der Waals surface area contributed by atoms with Crippen molar-refractivity contribution in [1.29, 1.82) is 0 Å². The lowest BCUT2D eigenvalue weighted by atomic mass is 9.90. The number of rotatable bonds is 10. The van der Waals surface area contributed by atoms with Crippen molar-refractivity contribution >= 4 is 23.6 Å². The third kappa shape index (κ3) is 7.48. The summed E-state index contributed by atoms with van der Waals surface area (Å²) < 4.78 is 25.5. The van der Waals surface area contributed by atoms with Crippen molar-refractivity contribution in [3.05, 3.63) is 77.2 Å². The van der Waals surface area contributed by atoms with Crippen molar-refractivity contribution < 1.29 is 28.6 Å². The summed E-state index contributed by atoms with van der Waals surface area (Å²) in [5, 5.41) is 15.1. The molecule has 0 saturated heterocycles. The van der Waals surface area contributed by atoms with Crippen LogP contribution < -0.4 is 20.1 Å². The zero-order valence-electron chi connectivity index (χ0n) is 21.9. The topological polar surface area (TPSA) is 110 Å². The molecule has 0 atom stereocenters. The van der Waals surface area contributed by atoms with E-state index >= 15 is 0 Å².